The Kier molecular flexibility index (Phi) is 9.18. The van der Waals surface area contributed by atoms with Crippen molar-refractivity contribution in [1.29, 1.82) is 0 Å². The molecular formula is C37H53FO2P+. The maximum atomic E-state index is 18.0. The molecule has 0 unspecified atom stereocenters. The molecule has 2 nitrogen and oxygen atoms in total. The Hall–Kier alpha value is -2.38. The van der Waals surface area contributed by atoms with Crippen LogP contribution in [-0.4, -0.2) is 0 Å². The van der Waals surface area contributed by atoms with Crippen LogP contribution in [0.4, 0.5) is 4.20 Å². The highest BCUT2D eigenvalue weighted by Crippen LogP contribution is 2.67. The van der Waals surface area contributed by atoms with E-state index < -0.39 is 8.03 Å². The van der Waals surface area contributed by atoms with E-state index in [0.29, 0.717) is 11.5 Å². The van der Waals surface area contributed by atoms with Crippen LogP contribution in [0, 0.1) is 13.8 Å². The molecule has 0 bridgehead atoms. The molecule has 0 aliphatic rings. The summed E-state index contributed by atoms with van der Waals surface area (Å²) in [6.07, 6.45) is 0.0515. The van der Waals surface area contributed by atoms with Crippen molar-refractivity contribution in [2.75, 3.05) is 0 Å². The Morgan fingerprint density at radius 2 is 0.829 bits per heavy atom. The van der Waals surface area contributed by atoms with Gasteiger partial charge in [0, 0.05) is 26.5 Å². The standard InChI is InChI=1S/C37H53FO2P/c1-25-20-28(34(3,4)5)32(29(21-25)35(6,7)8)39-41(38,24-27-18-16-15-17-19-27)40-33-30(36(9,10)11)22-26(2)23-31(33)37(12,13)14/h15-23H,24H2,1-14H3/q+1. The lowest BCUT2D eigenvalue weighted by molar-refractivity contribution is 0.374. The highest BCUT2D eigenvalue weighted by atomic mass is 31.2. The molecule has 3 rings (SSSR count). The average Bonchev–Trinajstić information content (AvgIpc) is 2.78. The highest BCUT2D eigenvalue weighted by Gasteiger charge is 2.52. The smallest absolute Gasteiger partial charge is 0.273 e. The molecule has 0 atom stereocenters. The zero-order valence-corrected chi connectivity index (χ0v) is 28.9. The van der Waals surface area contributed by atoms with Crippen molar-refractivity contribution in [3.05, 3.63) is 93.5 Å². The Bertz CT molecular complexity index is 1210. The van der Waals surface area contributed by atoms with Crippen molar-refractivity contribution < 1.29 is 13.2 Å². The van der Waals surface area contributed by atoms with E-state index in [-0.39, 0.29) is 27.8 Å². The van der Waals surface area contributed by atoms with Gasteiger partial charge in [0.1, 0.15) is 0 Å². The molecule has 0 aromatic heterocycles. The molecule has 0 saturated heterocycles. The molecule has 4 heteroatoms. The third-order valence-electron chi connectivity index (χ3n) is 7.37. The summed E-state index contributed by atoms with van der Waals surface area (Å²) < 4.78 is 31.5. The molecule has 0 saturated carbocycles. The second-order valence-corrected chi connectivity index (χ2v) is 17.7. The lowest BCUT2D eigenvalue weighted by Gasteiger charge is -2.32. The molecular weight excluding hydrogens is 526 g/mol. The predicted molar refractivity (Wildman–Crippen MR) is 177 cm³/mol. The fraction of sp³-hybridized carbons (Fsp3) is 0.514. The zero-order valence-electron chi connectivity index (χ0n) is 28.0. The quantitative estimate of drug-likeness (QED) is 0.270. The summed E-state index contributed by atoms with van der Waals surface area (Å²) in [5, 5.41) is 0. The molecule has 224 valence electrons. The fourth-order valence-electron chi connectivity index (χ4n) is 5.13. The fourth-order valence-corrected chi connectivity index (χ4v) is 6.88. The Morgan fingerprint density at radius 1 is 0.537 bits per heavy atom. The molecule has 0 spiro atoms. The minimum atomic E-state index is -4.05. The van der Waals surface area contributed by atoms with Crippen LogP contribution in [0.5, 0.6) is 11.5 Å². The van der Waals surface area contributed by atoms with Crippen LogP contribution in [-0.2, 0) is 27.8 Å². The summed E-state index contributed by atoms with van der Waals surface area (Å²) in [6, 6.07) is 18.3. The van der Waals surface area contributed by atoms with Crippen LogP contribution in [0.3, 0.4) is 0 Å². The monoisotopic (exact) mass is 579 g/mol. The average molecular weight is 580 g/mol. The van der Waals surface area contributed by atoms with E-state index in [4.69, 9.17) is 9.05 Å². The van der Waals surface area contributed by atoms with Gasteiger partial charge < -0.3 is 0 Å². The maximum absolute atomic E-state index is 18.0. The molecule has 0 aliphatic carbocycles. The number of halogens is 1. The summed E-state index contributed by atoms with van der Waals surface area (Å²) >= 11 is 0. The van der Waals surface area contributed by atoms with E-state index in [1.807, 2.05) is 30.3 Å². The topological polar surface area (TPSA) is 18.5 Å². The first-order chi connectivity index (χ1) is 18.5. The van der Waals surface area contributed by atoms with Crippen LogP contribution in [0.2, 0.25) is 0 Å². The van der Waals surface area contributed by atoms with Crippen LogP contribution >= 0.6 is 8.03 Å². The van der Waals surface area contributed by atoms with Gasteiger partial charge in [-0.2, -0.15) is 0 Å². The maximum Gasteiger partial charge on any atom is 0.553 e. The Labute approximate surface area is 250 Å². The van der Waals surface area contributed by atoms with Crippen LogP contribution in [0.25, 0.3) is 0 Å². The zero-order chi connectivity index (χ0) is 31.2. The SMILES string of the molecule is Cc1cc(C(C)(C)C)c(O[P+](F)(Cc2ccccc2)Oc2c(C(C)(C)C)cc(C)cc2C(C)(C)C)c(C(C)(C)C)c1. The minimum absolute atomic E-state index is 0.0515. The molecule has 0 amide bonds. The van der Waals surface area contributed by atoms with E-state index in [9.17, 15) is 0 Å². The largest absolute Gasteiger partial charge is 0.553 e. The molecule has 0 heterocycles. The van der Waals surface area contributed by atoms with Gasteiger partial charge in [0.15, 0.2) is 17.7 Å². The number of hydrogen-bond donors (Lipinski definition) is 0. The second kappa shape index (κ2) is 11.4. The number of hydrogen-bond acceptors (Lipinski definition) is 2. The Morgan fingerprint density at radius 3 is 1.10 bits per heavy atom. The van der Waals surface area contributed by atoms with Gasteiger partial charge >= 0.3 is 8.03 Å². The van der Waals surface area contributed by atoms with Crippen molar-refractivity contribution in [3.63, 3.8) is 0 Å². The van der Waals surface area contributed by atoms with Crippen molar-refractivity contribution in [2.45, 2.75) is 125 Å². The first kappa shape index (κ1) is 33.1. The molecule has 0 aliphatic heterocycles. The van der Waals surface area contributed by atoms with Gasteiger partial charge in [-0.25, -0.2) is 0 Å². The predicted octanol–water partition coefficient (Wildman–Crippen LogP) is 11.9. The third kappa shape index (κ3) is 8.13. The normalized spacial score (nSPS) is 13.3. The Balaban J connectivity index is 2.36. The van der Waals surface area contributed by atoms with Gasteiger partial charge in [0.05, 0.1) is 0 Å². The van der Waals surface area contributed by atoms with Gasteiger partial charge in [-0.15, -0.1) is 0 Å². The van der Waals surface area contributed by atoms with E-state index in [1.165, 1.54) is 0 Å². The van der Waals surface area contributed by atoms with Crippen LogP contribution in [0.15, 0.2) is 54.6 Å². The van der Waals surface area contributed by atoms with Gasteiger partial charge in [-0.3, -0.25) is 9.05 Å². The number of aryl methyl sites for hydroxylation is 2. The van der Waals surface area contributed by atoms with Crippen molar-refractivity contribution >= 4 is 8.03 Å². The van der Waals surface area contributed by atoms with Gasteiger partial charge in [-0.1, -0.05) is 149 Å². The minimum Gasteiger partial charge on any atom is -0.273 e. The van der Waals surface area contributed by atoms with Gasteiger partial charge in [0.25, 0.3) is 0 Å². The van der Waals surface area contributed by atoms with Gasteiger partial charge in [0.2, 0.25) is 0 Å². The second-order valence-electron chi connectivity index (χ2n) is 15.8. The summed E-state index contributed by atoms with van der Waals surface area (Å²) in [5.74, 6) is 1.23. The first-order valence-electron chi connectivity index (χ1n) is 14.8. The van der Waals surface area contributed by atoms with Gasteiger partial charge in [-0.05, 0) is 41.1 Å². The molecule has 3 aromatic rings. The summed E-state index contributed by atoms with van der Waals surface area (Å²) in [6.45, 7) is 30.1. The summed E-state index contributed by atoms with van der Waals surface area (Å²) in [7, 11) is -4.05. The van der Waals surface area contributed by atoms with Crippen molar-refractivity contribution in [1.82, 2.24) is 0 Å². The highest BCUT2D eigenvalue weighted by molar-refractivity contribution is 7.61. The molecule has 0 N–H and O–H groups in total. The van der Waals surface area contributed by atoms with Crippen molar-refractivity contribution in [3.8, 4) is 11.5 Å². The molecule has 3 aromatic carbocycles. The lowest BCUT2D eigenvalue weighted by Crippen LogP contribution is -2.23. The van der Waals surface area contributed by atoms with E-state index in [2.05, 4.69) is 121 Å². The third-order valence-corrected chi connectivity index (χ3v) is 9.02. The van der Waals surface area contributed by atoms with E-state index in [0.717, 1.165) is 38.9 Å². The van der Waals surface area contributed by atoms with Crippen molar-refractivity contribution in [2.24, 2.45) is 0 Å². The van der Waals surface area contributed by atoms with Crippen LogP contribution < -0.4 is 9.05 Å². The van der Waals surface area contributed by atoms with Crippen LogP contribution in [0.1, 0.15) is 122 Å². The molecule has 0 fully saturated rings. The van der Waals surface area contributed by atoms with E-state index >= 15 is 4.20 Å². The summed E-state index contributed by atoms with van der Waals surface area (Å²) in [4.78, 5) is 0. The number of benzene rings is 3. The van der Waals surface area contributed by atoms with E-state index in [1.54, 1.807) is 0 Å². The summed E-state index contributed by atoms with van der Waals surface area (Å²) in [5.41, 5.74) is 6.11. The molecule has 41 heavy (non-hydrogen) atoms. The first-order valence-corrected chi connectivity index (χ1v) is 16.5. The number of rotatable bonds is 6. The molecule has 0 radical (unpaired) electrons. The lowest BCUT2D eigenvalue weighted by atomic mass is 9.78.